The maximum absolute atomic E-state index is 12.2. The molecule has 2 unspecified atom stereocenters. The zero-order chi connectivity index (χ0) is 16.2. The fraction of sp³-hybridized carbons (Fsp3) is 0.353. The van der Waals surface area contributed by atoms with Crippen LogP contribution in [-0.2, 0) is 4.79 Å². The topological polar surface area (TPSA) is 90.1 Å². The zero-order valence-electron chi connectivity index (χ0n) is 13.4. The Bertz CT molecular complexity index is 693. The molecule has 3 N–H and O–H groups in total. The number of aryl methyl sites for hydroxylation is 1. The number of halogens is 1. The van der Waals surface area contributed by atoms with Crippen LogP contribution in [0.4, 0.5) is 5.69 Å². The molecule has 3 rings (SSSR count). The Labute approximate surface area is 147 Å². The number of nitrogens with one attached hydrogen (secondary N) is 1. The van der Waals surface area contributed by atoms with Crippen LogP contribution in [0.1, 0.15) is 25.0 Å². The number of ether oxygens (including phenoxy) is 1. The number of hydrogen-bond acceptors (Lipinski definition) is 5. The number of amides is 1. The van der Waals surface area contributed by atoms with E-state index in [0.29, 0.717) is 11.8 Å². The highest BCUT2D eigenvalue weighted by Crippen LogP contribution is 2.26. The quantitative estimate of drug-likeness (QED) is 0.886. The van der Waals surface area contributed by atoms with E-state index in [1.807, 2.05) is 6.92 Å². The van der Waals surface area contributed by atoms with Crippen LogP contribution in [0.2, 0.25) is 0 Å². The molecule has 1 aromatic carbocycles. The smallest absolute Gasteiger partial charge is 0.322 e. The van der Waals surface area contributed by atoms with Crippen LogP contribution in [0.5, 0.6) is 11.8 Å². The minimum absolute atomic E-state index is 0. The molecule has 1 heterocycles. The molecule has 0 bridgehead atoms. The van der Waals surface area contributed by atoms with Crippen molar-refractivity contribution < 1.29 is 9.53 Å². The van der Waals surface area contributed by atoms with Crippen LogP contribution >= 0.6 is 12.4 Å². The second kappa shape index (κ2) is 8.08. The molecule has 7 heteroatoms. The maximum Gasteiger partial charge on any atom is 0.322 e. The van der Waals surface area contributed by atoms with Crippen molar-refractivity contribution in [1.82, 2.24) is 9.97 Å². The number of carbonyl (C=O) groups is 1. The van der Waals surface area contributed by atoms with E-state index in [9.17, 15) is 4.79 Å². The molecular formula is C17H21ClN4O2. The summed E-state index contributed by atoms with van der Waals surface area (Å²) in [5, 5.41) is 2.92. The zero-order valence-corrected chi connectivity index (χ0v) is 14.3. The second-order valence-electron chi connectivity index (χ2n) is 5.87. The van der Waals surface area contributed by atoms with Gasteiger partial charge in [-0.1, -0.05) is 0 Å². The Morgan fingerprint density at radius 1 is 1.25 bits per heavy atom. The minimum Gasteiger partial charge on any atom is -0.424 e. The van der Waals surface area contributed by atoms with Gasteiger partial charge in [-0.25, -0.2) is 9.97 Å². The van der Waals surface area contributed by atoms with Gasteiger partial charge in [0.1, 0.15) is 5.75 Å². The van der Waals surface area contributed by atoms with Crippen molar-refractivity contribution in [3.63, 3.8) is 0 Å². The summed E-state index contributed by atoms with van der Waals surface area (Å²) < 4.78 is 5.58. The summed E-state index contributed by atoms with van der Waals surface area (Å²) in [4.78, 5) is 20.4. The molecule has 0 spiro atoms. The van der Waals surface area contributed by atoms with E-state index in [1.165, 1.54) is 0 Å². The van der Waals surface area contributed by atoms with Crippen LogP contribution in [0.15, 0.2) is 36.5 Å². The van der Waals surface area contributed by atoms with E-state index in [-0.39, 0.29) is 30.3 Å². The first kappa shape index (κ1) is 18.2. The Balaban J connectivity index is 0.00000208. The summed E-state index contributed by atoms with van der Waals surface area (Å²) in [6, 6.07) is 9.43. The summed E-state index contributed by atoms with van der Waals surface area (Å²) in [5.74, 6) is 0.673. The molecule has 1 aromatic heterocycles. The fourth-order valence-electron chi connectivity index (χ4n) is 2.69. The van der Waals surface area contributed by atoms with Crippen molar-refractivity contribution in [2.75, 3.05) is 5.32 Å². The molecule has 128 valence electrons. The number of rotatable bonds is 4. The van der Waals surface area contributed by atoms with E-state index in [0.717, 1.165) is 30.6 Å². The summed E-state index contributed by atoms with van der Waals surface area (Å²) in [5.41, 5.74) is 7.44. The molecule has 24 heavy (non-hydrogen) atoms. The first-order chi connectivity index (χ1) is 11.1. The third-order valence-electron chi connectivity index (χ3n) is 3.95. The minimum atomic E-state index is 0. The van der Waals surface area contributed by atoms with E-state index in [1.54, 1.807) is 36.5 Å². The summed E-state index contributed by atoms with van der Waals surface area (Å²) in [6.45, 7) is 1.88. The van der Waals surface area contributed by atoms with Gasteiger partial charge in [0.05, 0.1) is 0 Å². The van der Waals surface area contributed by atoms with Gasteiger partial charge in [0, 0.05) is 29.5 Å². The fourth-order valence-corrected chi connectivity index (χ4v) is 2.69. The Morgan fingerprint density at radius 2 is 2.00 bits per heavy atom. The first-order valence-electron chi connectivity index (χ1n) is 7.74. The van der Waals surface area contributed by atoms with Crippen molar-refractivity contribution in [2.24, 2.45) is 11.7 Å². The average molecular weight is 349 g/mol. The van der Waals surface area contributed by atoms with Gasteiger partial charge in [0.2, 0.25) is 5.91 Å². The summed E-state index contributed by atoms with van der Waals surface area (Å²) in [7, 11) is 0. The third-order valence-corrected chi connectivity index (χ3v) is 3.95. The van der Waals surface area contributed by atoms with Crippen molar-refractivity contribution in [3.8, 4) is 11.8 Å². The highest BCUT2D eigenvalue weighted by molar-refractivity contribution is 5.92. The van der Waals surface area contributed by atoms with Crippen molar-refractivity contribution in [1.29, 1.82) is 0 Å². The van der Waals surface area contributed by atoms with Crippen LogP contribution < -0.4 is 15.8 Å². The maximum atomic E-state index is 12.2. The molecule has 1 saturated carbocycles. The molecular weight excluding hydrogens is 328 g/mol. The van der Waals surface area contributed by atoms with E-state index in [2.05, 4.69) is 15.3 Å². The number of benzene rings is 1. The third kappa shape index (κ3) is 4.66. The predicted molar refractivity (Wildman–Crippen MR) is 94.5 cm³/mol. The molecule has 1 aliphatic carbocycles. The van der Waals surface area contributed by atoms with Crippen LogP contribution in [0, 0.1) is 12.8 Å². The Hall–Kier alpha value is -2.18. The summed E-state index contributed by atoms with van der Waals surface area (Å²) >= 11 is 0. The number of carbonyl (C=O) groups excluding carboxylic acids is 1. The van der Waals surface area contributed by atoms with E-state index >= 15 is 0 Å². The lowest BCUT2D eigenvalue weighted by molar-refractivity contribution is -0.119. The van der Waals surface area contributed by atoms with Crippen molar-refractivity contribution in [2.45, 2.75) is 32.2 Å². The number of hydrogen-bond donors (Lipinski definition) is 2. The van der Waals surface area contributed by atoms with Gasteiger partial charge in [0.15, 0.2) is 0 Å². The normalized spacial score (nSPS) is 19.4. The lowest BCUT2D eigenvalue weighted by atomic mass is 10.1. The molecule has 1 fully saturated rings. The molecule has 0 aliphatic heterocycles. The average Bonchev–Trinajstić information content (AvgIpc) is 2.96. The van der Waals surface area contributed by atoms with Crippen molar-refractivity contribution in [3.05, 3.63) is 42.2 Å². The van der Waals surface area contributed by atoms with Gasteiger partial charge in [0.25, 0.3) is 0 Å². The molecule has 0 saturated heterocycles. The monoisotopic (exact) mass is 348 g/mol. The lowest BCUT2D eigenvalue weighted by Gasteiger charge is -2.11. The second-order valence-corrected chi connectivity index (χ2v) is 5.87. The molecule has 2 aromatic rings. The molecule has 6 nitrogen and oxygen atoms in total. The highest BCUT2D eigenvalue weighted by Gasteiger charge is 2.27. The molecule has 1 aliphatic rings. The van der Waals surface area contributed by atoms with Gasteiger partial charge >= 0.3 is 6.01 Å². The standard InChI is InChI=1S/C17H20N4O2.ClH/c1-11-8-9-19-17(20-11)23-15-6-4-14(5-7-15)21-16(22)12-2-3-13(18)10-12;/h4-9,12-13H,2-3,10,18H2,1H3,(H,21,22);1H. The van der Waals surface area contributed by atoms with E-state index in [4.69, 9.17) is 10.5 Å². The number of nitrogens with zero attached hydrogens (tertiary/aromatic N) is 2. The largest absolute Gasteiger partial charge is 0.424 e. The number of aromatic nitrogens is 2. The molecule has 0 radical (unpaired) electrons. The highest BCUT2D eigenvalue weighted by atomic mass is 35.5. The van der Waals surface area contributed by atoms with Crippen LogP contribution in [0.25, 0.3) is 0 Å². The van der Waals surface area contributed by atoms with Gasteiger partial charge in [-0.05, 0) is 56.5 Å². The summed E-state index contributed by atoms with van der Waals surface area (Å²) in [6.07, 6.45) is 4.19. The molecule has 2 atom stereocenters. The Morgan fingerprint density at radius 3 is 2.62 bits per heavy atom. The lowest BCUT2D eigenvalue weighted by Crippen LogP contribution is -2.23. The van der Waals surface area contributed by atoms with E-state index < -0.39 is 0 Å². The van der Waals surface area contributed by atoms with Gasteiger partial charge in [-0.15, -0.1) is 12.4 Å². The van der Waals surface area contributed by atoms with Gasteiger partial charge in [-0.3, -0.25) is 4.79 Å². The predicted octanol–water partition coefficient (Wildman–Crippen LogP) is 3.07. The Kier molecular flexibility index (Phi) is 6.11. The number of anilines is 1. The SMILES string of the molecule is Cc1ccnc(Oc2ccc(NC(=O)C3CCC(N)C3)cc2)n1.Cl. The van der Waals surface area contributed by atoms with Gasteiger partial charge < -0.3 is 15.8 Å². The number of nitrogens with two attached hydrogens (primary N) is 1. The van der Waals surface area contributed by atoms with Gasteiger partial charge in [-0.2, -0.15) is 0 Å². The van der Waals surface area contributed by atoms with Crippen molar-refractivity contribution >= 4 is 24.0 Å². The molecule has 1 amide bonds. The van der Waals surface area contributed by atoms with Crippen LogP contribution in [-0.4, -0.2) is 21.9 Å². The van der Waals surface area contributed by atoms with Crippen LogP contribution in [0.3, 0.4) is 0 Å². The first-order valence-corrected chi connectivity index (χ1v) is 7.74.